The van der Waals surface area contributed by atoms with Crippen LogP contribution in [0.2, 0.25) is 0 Å². The van der Waals surface area contributed by atoms with Crippen LogP contribution in [0.4, 0.5) is 5.82 Å². The van der Waals surface area contributed by atoms with Gasteiger partial charge in [-0.2, -0.15) is 9.78 Å². The van der Waals surface area contributed by atoms with Crippen LogP contribution in [0.15, 0.2) is 48.7 Å². The molecule has 0 saturated carbocycles. The molecule has 0 spiro atoms. The molecular formula is C24H20N4O3S. The van der Waals surface area contributed by atoms with Gasteiger partial charge in [-0.25, -0.2) is 4.98 Å². The largest absolute Gasteiger partial charge is 0.490 e. The second-order valence-corrected chi connectivity index (χ2v) is 8.27. The van der Waals surface area contributed by atoms with Crippen LogP contribution in [0.3, 0.4) is 0 Å². The van der Waals surface area contributed by atoms with Crippen molar-refractivity contribution in [3.8, 4) is 29.0 Å². The lowest BCUT2D eigenvalue weighted by molar-refractivity contribution is -0.116. The Morgan fingerprint density at radius 1 is 1.25 bits per heavy atom. The third-order valence-corrected chi connectivity index (χ3v) is 6.28. The van der Waals surface area contributed by atoms with Gasteiger partial charge in [0, 0.05) is 17.9 Å². The smallest absolute Gasteiger partial charge is 0.226 e. The fourth-order valence-corrected chi connectivity index (χ4v) is 4.79. The number of aromatic nitrogens is 3. The number of thiazole rings is 1. The normalized spacial score (nSPS) is 15.1. The van der Waals surface area contributed by atoms with Crippen molar-refractivity contribution in [1.82, 2.24) is 14.8 Å². The molecule has 1 atom stereocenters. The Balaban J connectivity index is 1.55. The molecule has 8 heteroatoms. The van der Waals surface area contributed by atoms with Crippen LogP contribution in [-0.2, 0) is 4.79 Å². The summed E-state index contributed by atoms with van der Waals surface area (Å²) in [4.78, 5) is 17.3. The van der Waals surface area contributed by atoms with E-state index in [1.54, 1.807) is 10.9 Å². The first kappa shape index (κ1) is 20.1. The third kappa shape index (κ3) is 3.57. The predicted octanol–water partition coefficient (Wildman–Crippen LogP) is 4.37. The molecule has 4 aromatic rings. The molecule has 0 bridgehead atoms. The Morgan fingerprint density at radius 2 is 2.12 bits per heavy atom. The number of nitrogens with zero attached hydrogens (tertiary/aromatic N) is 3. The lowest BCUT2D eigenvalue weighted by Gasteiger charge is -2.24. The molecule has 160 valence electrons. The Labute approximate surface area is 189 Å². The summed E-state index contributed by atoms with van der Waals surface area (Å²) in [7, 11) is 0. The average Bonchev–Trinajstić information content (AvgIpc) is 3.41. The molecule has 5 rings (SSSR count). The van der Waals surface area contributed by atoms with Crippen LogP contribution in [0.5, 0.6) is 11.5 Å². The van der Waals surface area contributed by atoms with Gasteiger partial charge in [0.1, 0.15) is 12.4 Å². The number of anilines is 1. The third-order valence-electron chi connectivity index (χ3n) is 5.27. The van der Waals surface area contributed by atoms with E-state index < -0.39 is 0 Å². The number of para-hydroxylation sites is 1. The summed E-state index contributed by atoms with van der Waals surface area (Å²) in [6, 6.07) is 13.6. The zero-order valence-electron chi connectivity index (χ0n) is 17.4. The van der Waals surface area contributed by atoms with E-state index in [-0.39, 0.29) is 18.4 Å². The van der Waals surface area contributed by atoms with E-state index in [0.29, 0.717) is 35.5 Å². The van der Waals surface area contributed by atoms with E-state index in [1.807, 2.05) is 49.4 Å². The van der Waals surface area contributed by atoms with Crippen molar-refractivity contribution in [2.24, 2.45) is 0 Å². The number of hydrogen-bond acceptors (Lipinski definition) is 6. The Bertz CT molecular complexity index is 1320. The fourth-order valence-electron chi connectivity index (χ4n) is 3.86. The van der Waals surface area contributed by atoms with Crippen molar-refractivity contribution in [2.75, 3.05) is 18.5 Å². The molecule has 0 saturated heterocycles. The number of nitrogens with one attached hydrogen (secondary N) is 1. The lowest BCUT2D eigenvalue weighted by atomic mass is 9.87. The highest BCUT2D eigenvalue weighted by Gasteiger charge is 2.31. The van der Waals surface area contributed by atoms with Gasteiger partial charge in [-0.3, -0.25) is 4.79 Å². The summed E-state index contributed by atoms with van der Waals surface area (Å²) in [5, 5.41) is 8.25. The minimum Gasteiger partial charge on any atom is -0.490 e. The summed E-state index contributed by atoms with van der Waals surface area (Å²) in [5.74, 6) is 4.06. The van der Waals surface area contributed by atoms with Crippen molar-refractivity contribution in [3.63, 3.8) is 0 Å². The zero-order valence-corrected chi connectivity index (χ0v) is 18.2. The maximum absolute atomic E-state index is 12.6. The Kier molecular flexibility index (Phi) is 5.25. The first-order valence-corrected chi connectivity index (χ1v) is 11.1. The molecule has 7 nitrogen and oxygen atoms in total. The van der Waals surface area contributed by atoms with E-state index in [2.05, 4.69) is 21.3 Å². The highest BCUT2D eigenvalue weighted by molar-refractivity contribution is 7.20. The second kappa shape index (κ2) is 8.36. The maximum Gasteiger partial charge on any atom is 0.226 e. The first-order valence-electron chi connectivity index (χ1n) is 10.2. The highest BCUT2D eigenvalue weighted by Crippen LogP contribution is 2.41. The number of amides is 1. The minimum absolute atomic E-state index is 0.0732. The van der Waals surface area contributed by atoms with Gasteiger partial charge in [0.05, 0.1) is 23.0 Å². The number of terminal acetylenes is 1. The Hall–Kier alpha value is -3.83. The SMILES string of the molecule is C#CCOc1ccc([C@H]2CC(=O)Nc3c2cnn3-c2nc3ccccc3s2)cc1OCC. The molecule has 0 fully saturated rings. The predicted molar refractivity (Wildman–Crippen MR) is 124 cm³/mol. The summed E-state index contributed by atoms with van der Waals surface area (Å²) in [6.07, 6.45) is 7.43. The summed E-state index contributed by atoms with van der Waals surface area (Å²) in [5.41, 5.74) is 2.78. The van der Waals surface area contributed by atoms with E-state index in [0.717, 1.165) is 21.3 Å². The molecule has 1 N–H and O–H groups in total. The average molecular weight is 445 g/mol. The second-order valence-electron chi connectivity index (χ2n) is 7.26. The molecule has 32 heavy (non-hydrogen) atoms. The number of carbonyl (C=O) groups excluding carboxylic acids is 1. The van der Waals surface area contributed by atoms with Crippen LogP contribution >= 0.6 is 11.3 Å². The van der Waals surface area contributed by atoms with Crippen molar-refractivity contribution >= 4 is 33.3 Å². The van der Waals surface area contributed by atoms with Gasteiger partial charge >= 0.3 is 0 Å². The highest BCUT2D eigenvalue weighted by atomic mass is 32.1. The van der Waals surface area contributed by atoms with Crippen LogP contribution in [0, 0.1) is 12.3 Å². The molecule has 1 amide bonds. The molecule has 1 aliphatic rings. The number of ether oxygens (including phenoxy) is 2. The number of hydrogen-bond donors (Lipinski definition) is 1. The molecule has 3 heterocycles. The van der Waals surface area contributed by atoms with Crippen molar-refractivity contribution in [1.29, 1.82) is 0 Å². The van der Waals surface area contributed by atoms with E-state index in [1.165, 1.54) is 11.3 Å². The quantitative estimate of drug-likeness (QED) is 0.447. The number of rotatable bonds is 6. The summed E-state index contributed by atoms with van der Waals surface area (Å²) in [6.45, 7) is 2.55. The molecule has 2 aromatic carbocycles. The lowest BCUT2D eigenvalue weighted by Crippen LogP contribution is -2.24. The van der Waals surface area contributed by atoms with Crippen LogP contribution in [0.1, 0.15) is 30.4 Å². The van der Waals surface area contributed by atoms with E-state index >= 15 is 0 Å². The monoisotopic (exact) mass is 444 g/mol. The molecule has 0 unspecified atom stereocenters. The fraction of sp³-hybridized carbons (Fsp3) is 0.208. The van der Waals surface area contributed by atoms with Gasteiger partial charge < -0.3 is 14.8 Å². The standard InChI is InChI=1S/C24H20N4O3S/c1-3-11-31-19-10-9-15(12-20(19)30-4-2)16-13-22(29)27-23-17(16)14-25-28(23)24-26-18-7-5-6-8-21(18)32-24/h1,5-10,12,14,16H,4,11,13H2,2H3,(H,27,29)/t16-/m1/s1. The van der Waals surface area contributed by atoms with Gasteiger partial charge in [0.2, 0.25) is 11.0 Å². The number of carbonyl (C=O) groups is 1. The molecule has 0 aliphatic carbocycles. The van der Waals surface area contributed by atoms with E-state index in [9.17, 15) is 4.79 Å². The van der Waals surface area contributed by atoms with Gasteiger partial charge in [0.25, 0.3) is 0 Å². The topological polar surface area (TPSA) is 78.3 Å². The Morgan fingerprint density at radius 3 is 2.94 bits per heavy atom. The van der Waals surface area contributed by atoms with Crippen LogP contribution in [0.25, 0.3) is 15.3 Å². The summed E-state index contributed by atoms with van der Waals surface area (Å²) < 4.78 is 14.1. The number of benzene rings is 2. The van der Waals surface area contributed by atoms with Crippen molar-refractivity contribution in [3.05, 3.63) is 59.8 Å². The van der Waals surface area contributed by atoms with Gasteiger partial charge in [-0.1, -0.05) is 35.5 Å². The maximum atomic E-state index is 12.6. The van der Waals surface area contributed by atoms with Gasteiger partial charge in [0.15, 0.2) is 11.5 Å². The van der Waals surface area contributed by atoms with Gasteiger partial charge in [-0.05, 0) is 36.8 Å². The molecule has 0 radical (unpaired) electrons. The van der Waals surface area contributed by atoms with Crippen LogP contribution < -0.4 is 14.8 Å². The number of fused-ring (bicyclic) bond motifs is 2. The van der Waals surface area contributed by atoms with E-state index in [4.69, 9.17) is 15.9 Å². The molecular weight excluding hydrogens is 424 g/mol. The summed E-state index contributed by atoms with van der Waals surface area (Å²) >= 11 is 1.53. The van der Waals surface area contributed by atoms with Crippen molar-refractivity contribution < 1.29 is 14.3 Å². The van der Waals surface area contributed by atoms with Crippen molar-refractivity contribution in [2.45, 2.75) is 19.3 Å². The van der Waals surface area contributed by atoms with Crippen LogP contribution in [-0.4, -0.2) is 33.9 Å². The van der Waals surface area contributed by atoms with Gasteiger partial charge in [-0.15, -0.1) is 6.42 Å². The molecule has 1 aliphatic heterocycles. The first-order chi connectivity index (χ1) is 15.7. The molecule has 2 aromatic heterocycles. The zero-order chi connectivity index (χ0) is 22.1. The minimum atomic E-state index is -0.164.